The number of sulfone groups is 1. The maximum atomic E-state index is 12.5. The number of hydrogen-bond donors (Lipinski definition) is 0. The van der Waals surface area contributed by atoms with Gasteiger partial charge in [-0.15, -0.1) is 0 Å². The van der Waals surface area contributed by atoms with Crippen molar-refractivity contribution < 1.29 is 13.2 Å². The van der Waals surface area contributed by atoms with Gasteiger partial charge in [-0.1, -0.05) is 29.8 Å². The molecule has 0 spiro atoms. The van der Waals surface area contributed by atoms with Crippen LogP contribution in [0.1, 0.15) is 10.4 Å². The van der Waals surface area contributed by atoms with Crippen molar-refractivity contribution in [2.45, 2.75) is 4.90 Å². The Hall–Kier alpha value is -1.85. The Labute approximate surface area is 128 Å². The van der Waals surface area contributed by atoms with Gasteiger partial charge in [0.1, 0.15) is 0 Å². The van der Waals surface area contributed by atoms with Crippen molar-refractivity contribution in [2.75, 3.05) is 18.2 Å². The van der Waals surface area contributed by atoms with E-state index < -0.39 is 9.84 Å². The maximum Gasteiger partial charge on any atom is 0.259 e. The summed E-state index contributed by atoms with van der Waals surface area (Å²) in [4.78, 5) is 14.0. The van der Waals surface area contributed by atoms with E-state index in [-0.39, 0.29) is 21.4 Å². The molecule has 6 heteroatoms. The molecule has 0 heterocycles. The number of rotatable bonds is 3. The highest BCUT2D eigenvalue weighted by Gasteiger charge is 2.19. The van der Waals surface area contributed by atoms with Gasteiger partial charge in [-0.2, -0.15) is 0 Å². The zero-order valence-corrected chi connectivity index (χ0v) is 13.1. The van der Waals surface area contributed by atoms with Gasteiger partial charge in [0.25, 0.3) is 5.91 Å². The molecule has 0 fully saturated rings. The Kier molecular flexibility index (Phi) is 4.34. The van der Waals surface area contributed by atoms with E-state index in [1.807, 2.05) is 18.2 Å². The van der Waals surface area contributed by atoms with Crippen LogP contribution in [0.4, 0.5) is 5.69 Å². The minimum atomic E-state index is -3.40. The summed E-state index contributed by atoms with van der Waals surface area (Å²) in [6.07, 6.45) is 1.09. The lowest BCUT2D eigenvalue weighted by Crippen LogP contribution is -2.26. The van der Waals surface area contributed by atoms with Crippen molar-refractivity contribution >= 4 is 33.0 Å². The van der Waals surface area contributed by atoms with Gasteiger partial charge in [0.2, 0.25) is 0 Å². The fourth-order valence-corrected chi connectivity index (χ4v) is 2.69. The van der Waals surface area contributed by atoms with Gasteiger partial charge < -0.3 is 4.90 Å². The Balaban J connectivity index is 2.44. The zero-order valence-electron chi connectivity index (χ0n) is 11.6. The Morgan fingerprint density at radius 1 is 1.10 bits per heavy atom. The molecular weight excluding hydrogens is 310 g/mol. The zero-order chi connectivity index (χ0) is 15.6. The average Bonchev–Trinajstić information content (AvgIpc) is 2.46. The third kappa shape index (κ3) is 3.43. The van der Waals surface area contributed by atoms with Crippen LogP contribution < -0.4 is 4.90 Å². The van der Waals surface area contributed by atoms with E-state index in [0.717, 1.165) is 6.26 Å². The van der Waals surface area contributed by atoms with Crippen LogP contribution in [-0.2, 0) is 9.84 Å². The predicted octanol–water partition coefficient (Wildman–Crippen LogP) is 3.02. The van der Waals surface area contributed by atoms with E-state index in [4.69, 9.17) is 11.6 Å². The molecule has 0 N–H and O–H groups in total. The molecule has 2 aromatic carbocycles. The maximum absolute atomic E-state index is 12.5. The summed E-state index contributed by atoms with van der Waals surface area (Å²) in [6, 6.07) is 13.2. The molecule has 0 aliphatic rings. The van der Waals surface area contributed by atoms with E-state index in [9.17, 15) is 13.2 Å². The normalized spacial score (nSPS) is 11.2. The lowest BCUT2D eigenvalue weighted by molar-refractivity contribution is 0.0993. The summed E-state index contributed by atoms with van der Waals surface area (Å²) in [5.41, 5.74) is 0.856. The highest BCUT2D eigenvalue weighted by atomic mass is 35.5. The first-order valence-corrected chi connectivity index (χ1v) is 8.40. The van der Waals surface area contributed by atoms with E-state index in [0.29, 0.717) is 5.69 Å². The molecule has 2 aromatic rings. The van der Waals surface area contributed by atoms with Gasteiger partial charge in [-0.05, 0) is 30.3 Å². The van der Waals surface area contributed by atoms with E-state index in [2.05, 4.69) is 0 Å². The molecule has 0 aromatic heterocycles. The number of amides is 1. The van der Waals surface area contributed by atoms with Crippen molar-refractivity contribution in [3.63, 3.8) is 0 Å². The first-order chi connectivity index (χ1) is 9.80. The van der Waals surface area contributed by atoms with Crippen LogP contribution in [0.5, 0.6) is 0 Å². The van der Waals surface area contributed by atoms with Gasteiger partial charge in [0, 0.05) is 19.0 Å². The Morgan fingerprint density at radius 3 is 2.29 bits per heavy atom. The number of nitrogens with zero attached hydrogens (tertiary/aromatic N) is 1. The van der Waals surface area contributed by atoms with Gasteiger partial charge in [0.15, 0.2) is 9.84 Å². The number of benzene rings is 2. The number of carbonyl (C=O) groups excluding carboxylic acids is 1. The first kappa shape index (κ1) is 15.5. The van der Waals surface area contributed by atoms with E-state index >= 15 is 0 Å². The number of para-hydroxylation sites is 1. The van der Waals surface area contributed by atoms with Gasteiger partial charge in [0.05, 0.1) is 15.5 Å². The van der Waals surface area contributed by atoms with Crippen LogP contribution >= 0.6 is 11.6 Å². The summed E-state index contributed by atoms with van der Waals surface area (Å²) >= 11 is 6.03. The van der Waals surface area contributed by atoms with Gasteiger partial charge >= 0.3 is 0 Å². The lowest BCUT2D eigenvalue weighted by atomic mass is 10.2. The summed E-state index contributed by atoms with van der Waals surface area (Å²) in [7, 11) is -1.78. The SMILES string of the molecule is CN(C(=O)c1cc(S(C)(=O)=O)ccc1Cl)c1ccccc1. The molecule has 0 saturated carbocycles. The van der Waals surface area contributed by atoms with Crippen molar-refractivity contribution in [1.82, 2.24) is 0 Å². The molecule has 2 rings (SSSR count). The summed E-state index contributed by atoms with van der Waals surface area (Å²) in [5.74, 6) is -0.364. The van der Waals surface area contributed by atoms with Crippen molar-refractivity contribution in [1.29, 1.82) is 0 Å². The Morgan fingerprint density at radius 2 is 1.71 bits per heavy atom. The molecule has 21 heavy (non-hydrogen) atoms. The highest BCUT2D eigenvalue weighted by Crippen LogP contribution is 2.23. The standard InChI is InChI=1S/C15H14ClNO3S/c1-17(11-6-4-3-5-7-11)15(18)13-10-12(21(2,19)20)8-9-14(13)16/h3-10H,1-2H3. The Bertz CT molecular complexity index is 773. The summed E-state index contributed by atoms with van der Waals surface area (Å²) < 4.78 is 23.2. The lowest BCUT2D eigenvalue weighted by Gasteiger charge is -2.18. The fourth-order valence-electron chi connectivity index (χ4n) is 1.85. The van der Waals surface area contributed by atoms with Crippen LogP contribution in [0.3, 0.4) is 0 Å². The fraction of sp³-hybridized carbons (Fsp3) is 0.133. The monoisotopic (exact) mass is 323 g/mol. The van der Waals surface area contributed by atoms with Crippen LogP contribution in [0, 0.1) is 0 Å². The van der Waals surface area contributed by atoms with Crippen LogP contribution in [-0.4, -0.2) is 27.6 Å². The third-order valence-corrected chi connectivity index (χ3v) is 4.48. The van der Waals surface area contributed by atoms with E-state index in [1.165, 1.54) is 23.1 Å². The van der Waals surface area contributed by atoms with Crippen molar-refractivity contribution in [3.8, 4) is 0 Å². The predicted molar refractivity (Wildman–Crippen MR) is 83.7 cm³/mol. The molecule has 110 valence electrons. The van der Waals surface area contributed by atoms with Crippen molar-refractivity contribution in [2.24, 2.45) is 0 Å². The largest absolute Gasteiger partial charge is 0.311 e. The van der Waals surface area contributed by atoms with Gasteiger partial charge in [-0.25, -0.2) is 8.42 Å². The molecule has 0 aliphatic carbocycles. The molecule has 0 bridgehead atoms. The van der Waals surface area contributed by atoms with Crippen LogP contribution in [0.25, 0.3) is 0 Å². The molecule has 0 radical (unpaired) electrons. The smallest absolute Gasteiger partial charge is 0.259 e. The summed E-state index contributed by atoms with van der Waals surface area (Å²) in [5, 5.41) is 0.218. The molecule has 0 aliphatic heterocycles. The van der Waals surface area contributed by atoms with Crippen molar-refractivity contribution in [3.05, 3.63) is 59.1 Å². The van der Waals surface area contributed by atoms with Crippen LogP contribution in [0.2, 0.25) is 5.02 Å². The summed E-state index contributed by atoms with van der Waals surface area (Å²) in [6.45, 7) is 0. The molecule has 1 amide bonds. The minimum Gasteiger partial charge on any atom is -0.311 e. The van der Waals surface area contributed by atoms with Gasteiger partial charge in [-0.3, -0.25) is 4.79 Å². The van der Waals surface area contributed by atoms with Crippen LogP contribution in [0.15, 0.2) is 53.4 Å². The quantitative estimate of drug-likeness (QED) is 0.872. The minimum absolute atomic E-state index is 0.0664. The van der Waals surface area contributed by atoms with E-state index in [1.54, 1.807) is 19.2 Å². The molecule has 0 atom stereocenters. The number of carbonyl (C=O) groups is 1. The topological polar surface area (TPSA) is 54.5 Å². The molecule has 4 nitrogen and oxygen atoms in total. The second-order valence-electron chi connectivity index (χ2n) is 4.61. The number of halogens is 1. The number of anilines is 1. The highest BCUT2D eigenvalue weighted by molar-refractivity contribution is 7.90. The molecule has 0 saturated heterocycles. The first-order valence-electron chi connectivity index (χ1n) is 6.13. The second-order valence-corrected chi connectivity index (χ2v) is 7.04. The number of hydrogen-bond acceptors (Lipinski definition) is 3. The molecule has 0 unspecified atom stereocenters. The average molecular weight is 324 g/mol. The second kappa shape index (κ2) is 5.87. The third-order valence-electron chi connectivity index (χ3n) is 3.04. The molecular formula is C15H14ClNO3S.